The van der Waals surface area contributed by atoms with Gasteiger partial charge in [-0.3, -0.25) is 4.90 Å². The van der Waals surface area contributed by atoms with Gasteiger partial charge in [-0.2, -0.15) is 0 Å². The lowest BCUT2D eigenvalue weighted by Gasteiger charge is -2.28. The molecular weight excluding hydrogens is 408 g/mol. The summed E-state index contributed by atoms with van der Waals surface area (Å²) >= 11 is 0. The van der Waals surface area contributed by atoms with E-state index in [-0.39, 0.29) is 0 Å². The molecule has 0 spiro atoms. The van der Waals surface area contributed by atoms with Gasteiger partial charge in [-0.1, -0.05) is 35.5 Å². The third kappa shape index (κ3) is 3.73. The highest BCUT2D eigenvalue weighted by molar-refractivity contribution is 5.77. The maximum Gasteiger partial charge on any atom is 0.253 e. The van der Waals surface area contributed by atoms with Gasteiger partial charge in [-0.05, 0) is 36.6 Å². The third-order valence-electron chi connectivity index (χ3n) is 5.75. The average molecular weight is 432 g/mol. The Hall–Kier alpha value is -3.65. The fourth-order valence-electron chi connectivity index (χ4n) is 4.10. The molecule has 0 unspecified atom stereocenters. The number of ether oxygens (including phenoxy) is 2. The molecule has 0 saturated carbocycles. The molecule has 0 atom stereocenters. The fraction of sp³-hybridized carbons (Fsp3) is 0.292. The molecule has 8 heteroatoms. The van der Waals surface area contributed by atoms with Gasteiger partial charge < -0.3 is 18.4 Å². The van der Waals surface area contributed by atoms with Gasteiger partial charge in [0.25, 0.3) is 5.89 Å². The van der Waals surface area contributed by atoms with E-state index in [4.69, 9.17) is 18.4 Å². The van der Waals surface area contributed by atoms with Gasteiger partial charge in [0.2, 0.25) is 5.89 Å². The summed E-state index contributed by atoms with van der Waals surface area (Å²) in [5, 5.41) is 12.8. The summed E-state index contributed by atoms with van der Waals surface area (Å²) in [5.41, 5.74) is 4.87. The van der Waals surface area contributed by atoms with E-state index in [2.05, 4.69) is 26.3 Å². The number of hydrogen-bond acceptors (Lipinski definition) is 8. The highest BCUT2D eigenvalue weighted by Gasteiger charge is 2.24. The molecule has 0 radical (unpaired) electrons. The van der Waals surface area contributed by atoms with Gasteiger partial charge >= 0.3 is 0 Å². The van der Waals surface area contributed by atoms with Gasteiger partial charge in [-0.15, -0.1) is 10.2 Å². The minimum absolute atomic E-state index is 0.418. The zero-order valence-electron chi connectivity index (χ0n) is 18.3. The monoisotopic (exact) mass is 432 g/mol. The Balaban J connectivity index is 1.36. The maximum absolute atomic E-state index is 6.03. The van der Waals surface area contributed by atoms with Gasteiger partial charge in [0.1, 0.15) is 17.0 Å². The van der Waals surface area contributed by atoms with Crippen LogP contribution in [-0.2, 0) is 19.5 Å². The first-order chi connectivity index (χ1) is 15.7. The van der Waals surface area contributed by atoms with E-state index in [0.717, 1.165) is 42.1 Å². The largest absolute Gasteiger partial charge is 0.493 e. The SMILES string of the molecule is COc1cc2c(cc1OC)CN(Cc1nnc(-c3c(-c4ccccc4)noc3C)o1)CC2. The second kappa shape index (κ2) is 8.47. The molecule has 164 valence electrons. The van der Waals surface area contributed by atoms with Crippen molar-refractivity contribution < 1.29 is 18.4 Å². The Bertz CT molecular complexity index is 1230. The lowest BCUT2D eigenvalue weighted by Crippen LogP contribution is -2.30. The van der Waals surface area contributed by atoms with E-state index in [9.17, 15) is 0 Å². The van der Waals surface area contributed by atoms with E-state index in [1.165, 1.54) is 11.1 Å². The van der Waals surface area contributed by atoms with Gasteiger partial charge in [-0.25, -0.2) is 0 Å². The van der Waals surface area contributed by atoms with Crippen LogP contribution in [0, 0.1) is 6.92 Å². The Kier molecular flexibility index (Phi) is 5.36. The minimum Gasteiger partial charge on any atom is -0.493 e. The summed E-state index contributed by atoms with van der Waals surface area (Å²) in [6.07, 6.45) is 0.916. The van der Waals surface area contributed by atoms with Crippen LogP contribution in [0.2, 0.25) is 0 Å². The Morgan fingerprint density at radius 2 is 1.75 bits per heavy atom. The number of nitrogens with zero attached hydrogens (tertiary/aromatic N) is 4. The first kappa shape index (κ1) is 20.3. The number of aryl methyl sites for hydroxylation is 1. The summed E-state index contributed by atoms with van der Waals surface area (Å²) in [5.74, 6) is 3.13. The molecule has 0 aliphatic carbocycles. The first-order valence-electron chi connectivity index (χ1n) is 10.5. The quantitative estimate of drug-likeness (QED) is 0.446. The van der Waals surface area contributed by atoms with Crippen molar-refractivity contribution in [1.82, 2.24) is 20.3 Å². The summed E-state index contributed by atoms with van der Waals surface area (Å²) in [7, 11) is 3.31. The molecule has 2 aromatic carbocycles. The number of methoxy groups -OCH3 is 2. The van der Waals surface area contributed by atoms with E-state index >= 15 is 0 Å². The second-order valence-corrected chi connectivity index (χ2v) is 7.77. The molecule has 0 amide bonds. The van der Waals surface area contributed by atoms with Crippen LogP contribution in [0.15, 0.2) is 51.4 Å². The van der Waals surface area contributed by atoms with Crippen LogP contribution in [0.5, 0.6) is 11.5 Å². The molecule has 0 bridgehead atoms. The summed E-state index contributed by atoms with van der Waals surface area (Å²) in [6.45, 7) is 4.07. The molecule has 2 aromatic heterocycles. The van der Waals surface area contributed by atoms with Gasteiger partial charge in [0.15, 0.2) is 11.5 Å². The highest BCUT2D eigenvalue weighted by atomic mass is 16.5. The lowest BCUT2D eigenvalue weighted by atomic mass is 9.99. The van der Waals surface area contributed by atoms with Crippen molar-refractivity contribution in [2.24, 2.45) is 0 Å². The van der Waals surface area contributed by atoms with E-state index in [1.807, 2.05) is 43.3 Å². The van der Waals surface area contributed by atoms with Gasteiger partial charge in [0, 0.05) is 18.7 Å². The molecule has 5 rings (SSSR count). The van der Waals surface area contributed by atoms with Crippen LogP contribution in [0.3, 0.4) is 0 Å². The van der Waals surface area contributed by atoms with Crippen LogP contribution >= 0.6 is 0 Å². The normalized spacial score (nSPS) is 13.7. The molecule has 0 fully saturated rings. The molecule has 8 nitrogen and oxygen atoms in total. The molecule has 0 N–H and O–H groups in total. The number of fused-ring (bicyclic) bond motifs is 1. The number of hydrogen-bond donors (Lipinski definition) is 0. The molecular formula is C24H24N4O4. The van der Waals surface area contributed by atoms with Crippen LogP contribution in [-0.4, -0.2) is 41.0 Å². The molecule has 1 aliphatic rings. The molecule has 0 saturated heterocycles. The van der Waals surface area contributed by atoms with Crippen molar-refractivity contribution in [3.63, 3.8) is 0 Å². The molecule has 3 heterocycles. The first-order valence-corrected chi connectivity index (χ1v) is 10.5. The zero-order chi connectivity index (χ0) is 22.1. The number of rotatable bonds is 6. The fourth-order valence-corrected chi connectivity index (χ4v) is 4.10. The third-order valence-corrected chi connectivity index (χ3v) is 5.75. The minimum atomic E-state index is 0.418. The van der Waals surface area contributed by atoms with Crippen molar-refractivity contribution in [1.29, 1.82) is 0 Å². The summed E-state index contributed by atoms with van der Waals surface area (Å²) < 4.78 is 22.4. The van der Waals surface area contributed by atoms with E-state index < -0.39 is 0 Å². The van der Waals surface area contributed by atoms with Gasteiger partial charge in [0.05, 0.1) is 20.8 Å². The van der Waals surface area contributed by atoms with E-state index in [0.29, 0.717) is 29.8 Å². The van der Waals surface area contributed by atoms with Crippen LogP contribution in [0.25, 0.3) is 22.7 Å². The Morgan fingerprint density at radius 1 is 1.00 bits per heavy atom. The van der Waals surface area contributed by atoms with Crippen molar-refractivity contribution in [2.75, 3.05) is 20.8 Å². The van der Waals surface area contributed by atoms with Crippen molar-refractivity contribution in [3.05, 3.63) is 65.2 Å². The van der Waals surface area contributed by atoms with Crippen LogP contribution in [0.1, 0.15) is 22.8 Å². The summed E-state index contributed by atoms with van der Waals surface area (Å²) in [6, 6.07) is 14.0. The van der Waals surface area contributed by atoms with Crippen molar-refractivity contribution in [3.8, 4) is 34.2 Å². The average Bonchev–Trinajstić information content (AvgIpc) is 3.44. The standard InChI is InChI=1S/C24H24N4O4/c1-15-22(23(27-32-15)16-7-5-4-6-8-16)24-26-25-21(31-24)14-28-10-9-17-11-19(29-2)20(30-3)12-18(17)13-28/h4-8,11-12H,9-10,13-14H2,1-3H3. The Morgan fingerprint density at radius 3 is 2.50 bits per heavy atom. The van der Waals surface area contributed by atoms with Crippen LogP contribution in [0.4, 0.5) is 0 Å². The molecule has 4 aromatic rings. The van der Waals surface area contributed by atoms with Crippen molar-refractivity contribution in [2.45, 2.75) is 26.4 Å². The maximum atomic E-state index is 6.03. The highest BCUT2D eigenvalue weighted by Crippen LogP contribution is 2.35. The van der Waals surface area contributed by atoms with Crippen LogP contribution < -0.4 is 9.47 Å². The second-order valence-electron chi connectivity index (χ2n) is 7.77. The predicted octanol–water partition coefficient (Wildman–Crippen LogP) is 4.28. The van der Waals surface area contributed by atoms with E-state index in [1.54, 1.807) is 14.2 Å². The topological polar surface area (TPSA) is 86.7 Å². The smallest absolute Gasteiger partial charge is 0.253 e. The molecule has 1 aliphatic heterocycles. The molecule has 32 heavy (non-hydrogen) atoms. The Labute approximate surface area is 185 Å². The zero-order valence-corrected chi connectivity index (χ0v) is 18.3. The number of aromatic nitrogens is 3. The lowest BCUT2D eigenvalue weighted by molar-refractivity contribution is 0.221. The predicted molar refractivity (Wildman–Crippen MR) is 117 cm³/mol. The summed E-state index contributed by atoms with van der Waals surface area (Å²) in [4.78, 5) is 2.28. The number of benzene rings is 2. The van der Waals surface area contributed by atoms with Crippen molar-refractivity contribution >= 4 is 0 Å².